The quantitative estimate of drug-likeness (QED) is 0.722. The summed E-state index contributed by atoms with van der Waals surface area (Å²) in [6, 6.07) is 6.90. The molecule has 0 aliphatic heterocycles. The summed E-state index contributed by atoms with van der Waals surface area (Å²) in [5.74, 6) is 0.249. The lowest BCUT2D eigenvalue weighted by Crippen LogP contribution is -2.17. The summed E-state index contributed by atoms with van der Waals surface area (Å²) in [4.78, 5) is 0. The van der Waals surface area contributed by atoms with Crippen molar-refractivity contribution in [2.24, 2.45) is 0 Å². The normalized spacial score (nSPS) is 11.4. The second kappa shape index (κ2) is 5.31. The molecule has 1 aromatic heterocycles. The van der Waals surface area contributed by atoms with Crippen molar-refractivity contribution < 1.29 is 8.42 Å². The van der Waals surface area contributed by atoms with Crippen LogP contribution in [-0.2, 0) is 22.2 Å². The van der Waals surface area contributed by atoms with Crippen LogP contribution in [0.1, 0.15) is 18.1 Å². The molecule has 0 amide bonds. The van der Waals surface area contributed by atoms with E-state index in [9.17, 15) is 8.42 Å². The number of nitrogens with one attached hydrogen (secondary N) is 2. The number of benzene rings is 1. The fourth-order valence-corrected chi connectivity index (χ4v) is 2.96. The molecule has 1 aromatic carbocycles. The lowest BCUT2D eigenvalue weighted by Gasteiger charge is -2.09. The number of aromatic nitrogens is 2. The molecule has 7 heteroatoms. The summed E-state index contributed by atoms with van der Waals surface area (Å²) in [5, 5.41) is 6.47. The standard InChI is InChI=1S/C12H16N4O2S/c1-2-9-7-14-15-12(9)16-19(17,18)8-10-5-3-4-6-11(10)13/h3-7H,2,8,13H2,1H3,(H2,14,15,16). The number of H-pyrrole nitrogens is 1. The molecule has 0 unspecified atom stereocenters. The minimum absolute atomic E-state index is 0.165. The van der Waals surface area contributed by atoms with Crippen LogP contribution in [0.4, 0.5) is 11.5 Å². The molecule has 0 bridgehead atoms. The minimum Gasteiger partial charge on any atom is -0.398 e. The SMILES string of the molecule is CCc1cn[nH]c1NS(=O)(=O)Cc1ccccc1N. The van der Waals surface area contributed by atoms with Gasteiger partial charge in [0.15, 0.2) is 0 Å². The van der Waals surface area contributed by atoms with E-state index < -0.39 is 10.0 Å². The summed E-state index contributed by atoms with van der Waals surface area (Å²) in [7, 11) is -3.51. The van der Waals surface area contributed by atoms with E-state index in [1.54, 1.807) is 30.5 Å². The van der Waals surface area contributed by atoms with Crippen molar-refractivity contribution in [1.29, 1.82) is 0 Å². The number of nitrogen functional groups attached to an aromatic ring is 1. The van der Waals surface area contributed by atoms with E-state index in [4.69, 9.17) is 5.73 Å². The molecule has 0 saturated heterocycles. The van der Waals surface area contributed by atoms with E-state index in [-0.39, 0.29) is 5.75 Å². The lowest BCUT2D eigenvalue weighted by molar-refractivity contribution is 0.600. The summed E-state index contributed by atoms with van der Waals surface area (Å²) >= 11 is 0. The van der Waals surface area contributed by atoms with Crippen LogP contribution in [0, 0.1) is 0 Å². The smallest absolute Gasteiger partial charge is 0.238 e. The second-order valence-corrected chi connectivity index (χ2v) is 5.91. The Morgan fingerprint density at radius 2 is 2.05 bits per heavy atom. The first-order chi connectivity index (χ1) is 9.02. The molecule has 19 heavy (non-hydrogen) atoms. The maximum atomic E-state index is 12.1. The van der Waals surface area contributed by atoms with Crippen molar-refractivity contribution in [3.05, 3.63) is 41.6 Å². The number of sulfonamides is 1. The van der Waals surface area contributed by atoms with Crippen molar-refractivity contribution in [3.63, 3.8) is 0 Å². The number of nitrogens with two attached hydrogens (primary N) is 1. The van der Waals surface area contributed by atoms with E-state index in [2.05, 4.69) is 14.9 Å². The van der Waals surface area contributed by atoms with Gasteiger partial charge in [-0.25, -0.2) is 8.42 Å². The Bertz CT molecular complexity index is 664. The molecule has 2 rings (SSSR count). The molecule has 0 spiro atoms. The number of hydrogen-bond acceptors (Lipinski definition) is 4. The van der Waals surface area contributed by atoms with Gasteiger partial charge in [-0.3, -0.25) is 9.82 Å². The fourth-order valence-electron chi connectivity index (χ4n) is 1.73. The van der Waals surface area contributed by atoms with Crippen LogP contribution in [0.5, 0.6) is 0 Å². The van der Waals surface area contributed by atoms with E-state index in [0.717, 1.165) is 5.56 Å². The van der Waals surface area contributed by atoms with Crippen molar-refractivity contribution in [2.75, 3.05) is 10.5 Å². The van der Waals surface area contributed by atoms with E-state index in [0.29, 0.717) is 23.5 Å². The summed E-state index contributed by atoms with van der Waals surface area (Å²) in [6.07, 6.45) is 2.30. The largest absolute Gasteiger partial charge is 0.398 e. The zero-order valence-corrected chi connectivity index (χ0v) is 11.4. The molecule has 0 fully saturated rings. The third kappa shape index (κ3) is 3.25. The predicted octanol–water partition coefficient (Wildman–Crippen LogP) is 1.50. The van der Waals surface area contributed by atoms with Crippen LogP contribution in [0.15, 0.2) is 30.5 Å². The molecule has 6 nitrogen and oxygen atoms in total. The van der Waals surface area contributed by atoms with Crippen LogP contribution < -0.4 is 10.5 Å². The van der Waals surface area contributed by atoms with Gasteiger partial charge in [0.1, 0.15) is 5.82 Å². The van der Waals surface area contributed by atoms with Crippen molar-refractivity contribution in [2.45, 2.75) is 19.1 Å². The van der Waals surface area contributed by atoms with Gasteiger partial charge in [0.2, 0.25) is 10.0 Å². The van der Waals surface area contributed by atoms with E-state index >= 15 is 0 Å². The Labute approximate surface area is 112 Å². The average molecular weight is 280 g/mol. The molecule has 1 heterocycles. The van der Waals surface area contributed by atoms with Gasteiger partial charge in [0, 0.05) is 11.3 Å². The number of rotatable bonds is 5. The first-order valence-electron chi connectivity index (χ1n) is 5.88. The molecule has 0 saturated carbocycles. The van der Waals surface area contributed by atoms with Gasteiger partial charge in [0.05, 0.1) is 11.9 Å². The van der Waals surface area contributed by atoms with Crippen molar-refractivity contribution in [1.82, 2.24) is 10.2 Å². The maximum Gasteiger partial charge on any atom is 0.238 e. The third-order valence-corrected chi connectivity index (χ3v) is 3.96. The molecule has 2 aromatic rings. The Morgan fingerprint density at radius 1 is 1.32 bits per heavy atom. The van der Waals surface area contributed by atoms with Gasteiger partial charge in [-0.05, 0) is 18.1 Å². The number of aryl methyl sites for hydroxylation is 1. The highest BCUT2D eigenvalue weighted by atomic mass is 32.2. The third-order valence-electron chi connectivity index (χ3n) is 2.76. The number of anilines is 2. The Kier molecular flexibility index (Phi) is 3.75. The lowest BCUT2D eigenvalue weighted by atomic mass is 10.2. The van der Waals surface area contributed by atoms with Crippen LogP contribution in [0.2, 0.25) is 0 Å². The highest BCUT2D eigenvalue weighted by Gasteiger charge is 2.16. The molecular weight excluding hydrogens is 264 g/mol. The Balaban J connectivity index is 2.18. The van der Waals surface area contributed by atoms with Crippen LogP contribution >= 0.6 is 0 Å². The zero-order chi connectivity index (χ0) is 13.9. The van der Waals surface area contributed by atoms with Crippen molar-refractivity contribution in [3.8, 4) is 0 Å². The van der Waals surface area contributed by atoms with Gasteiger partial charge in [-0.1, -0.05) is 25.1 Å². The van der Waals surface area contributed by atoms with Crippen molar-refractivity contribution >= 4 is 21.5 Å². The monoisotopic (exact) mass is 280 g/mol. The molecule has 102 valence electrons. The first-order valence-corrected chi connectivity index (χ1v) is 7.53. The summed E-state index contributed by atoms with van der Waals surface area (Å²) < 4.78 is 26.6. The molecular formula is C12H16N4O2S. The fraction of sp³-hybridized carbons (Fsp3) is 0.250. The average Bonchev–Trinajstić information content (AvgIpc) is 2.78. The van der Waals surface area contributed by atoms with Gasteiger partial charge in [0.25, 0.3) is 0 Å². The predicted molar refractivity (Wildman–Crippen MR) is 75.1 cm³/mol. The highest BCUT2D eigenvalue weighted by molar-refractivity contribution is 7.91. The topological polar surface area (TPSA) is 101 Å². The van der Waals surface area contributed by atoms with E-state index in [1.807, 2.05) is 6.92 Å². The molecule has 0 atom stereocenters. The first kappa shape index (κ1) is 13.4. The van der Waals surface area contributed by atoms with Gasteiger partial charge in [-0.15, -0.1) is 0 Å². The number of hydrogen-bond donors (Lipinski definition) is 3. The minimum atomic E-state index is -3.51. The van der Waals surface area contributed by atoms with Gasteiger partial charge in [-0.2, -0.15) is 5.10 Å². The second-order valence-electron chi connectivity index (χ2n) is 4.18. The number of nitrogens with zero attached hydrogens (tertiary/aromatic N) is 1. The molecule has 0 aliphatic carbocycles. The Hall–Kier alpha value is -2.02. The molecule has 4 N–H and O–H groups in total. The van der Waals surface area contributed by atoms with Crippen LogP contribution in [0.25, 0.3) is 0 Å². The summed E-state index contributed by atoms with van der Waals surface area (Å²) in [5.41, 5.74) is 7.61. The van der Waals surface area contributed by atoms with E-state index in [1.165, 1.54) is 0 Å². The van der Waals surface area contributed by atoms with Gasteiger partial charge < -0.3 is 5.73 Å². The zero-order valence-electron chi connectivity index (χ0n) is 10.6. The van der Waals surface area contributed by atoms with Gasteiger partial charge >= 0.3 is 0 Å². The molecule has 0 aliphatic rings. The Morgan fingerprint density at radius 3 is 2.74 bits per heavy atom. The van der Waals surface area contributed by atoms with Crippen LogP contribution in [0.3, 0.4) is 0 Å². The highest BCUT2D eigenvalue weighted by Crippen LogP contribution is 2.18. The summed E-state index contributed by atoms with van der Waals surface area (Å²) in [6.45, 7) is 1.93. The maximum absolute atomic E-state index is 12.1. The molecule has 0 radical (unpaired) electrons. The number of aromatic amines is 1. The van der Waals surface area contributed by atoms with Crippen LogP contribution in [-0.4, -0.2) is 18.6 Å². The number of para-hydroxylation sites is 1.